The maximum atomic E-state index is 13.5. The van der Waals surface area contributed by atoms with Crippen LogP contribution in [0.2, 0.25) is 0 Å². The molecule has 194 valence electrons. The SMILES string of the molecule is CC(C)CC#Cc1cnc2c(c1)C(=O)N([C@H](C)CO)C[C@@H](C)[C@@H](CN(C)S(=O)(=O)c1ccccc1)O2. The third-order valence-electron chi connectivity index (χ3n) is 6.15. The van der Waals surface area contributed by atoms with E-state index >= 15 is 0 Å². The lowest BCUT2D eigenvalue weighted by atomic mass is 10.00. The van der Waals surface area contributed by atoms with Crippen molar-refractivity contribution in [1.82, 2.24) is 14.2 Å². The molecule has 3 rings (SSSR count). The van der Waals surface area contributed by atoms with Gasteiger partial charge in [0.05, 0.1) is 24.1 Å². The molecule has 0 unspecified atom stereocenters. The Kier molecular flexibility index (Phi) is 9.12. The highest BCUT2D eigenvalue weighted by atomic mass is 32.2. The molecule has 1 aliphatic heterocycles. The first-order chi connectivity index (χ1) is 17.0. The van der Waals surface area contributed by atoms with Crippen molar-refractivity contribution in [3.05, 3.63) is 53.7 Å². The molecule has 0 radical (unpaired) electrons. The van der Waals surface area contributed by atoms with E-state index in [0.717, 1.165) is 6.42 Å². The number of fused-ring (bicyclic) bond motifs is 1. The number of carbonyl (C=O) groups is 1. The van der Waals surface area contributed by atoms with Crippen molar-refractivity contribution in [3.63, 3.8) is 0 Å². The van der Waals surface area contributed by atoms with Gasteiger partial charge in [0.15, 0.2) is 0 Å². The number of aliphatic hydroxyl groups excluding tert-OH is 1. The van der Waals surface area contributed by atoms with Gasteiger partial charge in [0.25, 0.3) is 5.91 Å². The summed E-state index contributed by atoms with van der Waals surface area (Å²) in [5, 5.41) is 9.82. The Morgan fingerprint density at radius 2 is 1.94 bits per heavy atom. The molecule has 0 spiro atoms. The highest BCUT2D eigenvalue weighted by molar-refractivity contribution is 7.89. The van der Waals surface area contributed by atoms with E-state index in [9.17, 15) is 18.3 Å². The van der Waals surface area contributed by atoms with E-state index in [4.69, 9.17) is 4.74 Å². The Morgan fingerprint density at radius 3 is 2.58 bits per heavy atom. The minimum atomic E-state index is -3.74. The van der Waals surface area contributed by atoms with Crippen LogP contribution in [-0.4, -0.2) is 72.5 Å². The van der Waals surface area contributed by atoms with Crippen molar-refractivity contribution in [3.8, 4) is 17.7 Å². The number of hydrogen-bond acceptors (Lipinski definition) is 6. The molecule has 9 heteroatoms. The Labute approximate surface area is 214 Å². The lowest BCUT2D eigenvalue weighted by Gasteiger charge is -2.37. The molecule has 1 aliphatic rings. The van der Waals surface area contributed by atoms with Gasteiger partial charge in [-0.05, 0) is 31.0 Å². The van der Waals surface area contributed by atoms with Crippen LogP contribution in [0.5, 0.6) is 5.88 Å². The van der Waals surface area contributed by atoms with Crippen LogP contribution in [-0.2, 0) is 10.0 Å². The van der Waals surface area contributed by atoms with Gasteiger partial charge in [0.1, 0.15) is 11.7 Å². The van der Waals surface area contributed by atoms with Gasteiger partial charge in [-0.2, -0.15) is 4.31 Å². The number of rotatable bonds is 7. The maximum Gasteiger partial charge on any atom is 0.259 e. The summed E-state index contributed by atoms with van der Waals surface area (Å²) in [7, 11) is -2.22. The summed E-state index contributed by atoms with van der Waals surface area (Å²) in [5.41, 5.74) is 0.842. The predicted octanol–water partition coefficient (Wildman–Crippen LogP) is 3.02. The van der Waals surface area contributed by atoms with Crippen molar-refractivity contribution in [1.29, 1.82) is 0 Å². The highest BCUT2D eigenvalue weighted by Gasteiger charge is 2.35. The smallest absolute Gasteiger partial charge is 0.259 e. The average Bonchev–Trinajstić information content (AvgIpc) is 2.86. The Bertz CT molecular complexity index is 1220. The zero-order valence-electron chi connectivity index (χ0n) is 21.5. The Balaban J connectivity index is 1.97. The van der Waals surface area contributed by atoms with E-state index in [1.165, 1.54) is 11.4 Å². The van der Waals surface area contributed by atoms with Crippen LogP contribution in [0.3, 0.4) is 0 Å². The minimum Gasteiger partial charge on any atom is -0.472 e. The topological polar surface area (TPSA) is 100 Å². The van der Waals surface area contributed by atoms with Crippen LogP contribution in [0, 0.1) is 23.7 Å². The fourth-order valence-corrected chi connectivity index (χ4v) is 5.07. The third-order valence-corrected chi connectivity index (χ3v) is 7.99. The first kappa shape index (κ1) is 27.7. The molecule has 1 aromatic heterocycles. The molecule has 0 fully saturated rings. The number of nitrogens with zero attached hydrogens (tertiary/aromatic N) is 3. The number of sulfonamides is 1. The van der Waals surface area contributed by atoms with Gasteiger partial charge in [0.2, 0.25) is 15.9 Å². The van der Waals surface area contributed by atoms with Crippen LogP contribution in [0.4, 0.5) is 0 Å². The Morgan fingerprint density at radius 1 is 1.25 bits per heavy atom. The van der Waals surface area contributed by atoms with Gasteiger partial charge in [0, 0.05) is 37.7 Å². The van der Waals surface area contributed by atoms with Gasteiger partial charge in [-0.25, -0.2) is 13.4 Å². The predicted molar refractivity (Wildman–Crippen MR) is 138 cm³/mol. The van der Waals surface area contributed by atoms with Crippen LogP contribution in [0.1, 0.15) is 50.0 Å². The molecule has 0 bridgehead atoms. The van der Waals surface area contributed by atoms with Crippen LogP contribution in [0.25, 0.3) is 0 Å². The number of likely N-dealkylation sites (N-methyl/N-ethyl adjacent to an activating group) is 1. The van der Waals surface area contributed by atoms with E-state index in [1.54, 1.807) is 54.4 Å². The third kappa shape index (κ3) is 6.44. The van der Waals surface area contributed by atoms with Gasteiger partial charge in [-0.1, -0.05) is 50.8 Å². The molecule has 0 saturated heterocycles. The van der Waals surface area contributed by atoms with Crippen molar-refractivity contribution >= 4 is 15.9 Å². The van der Waals surface area contributed by atoms with Crippen LogP contribution >= 0.6 is 0 Å². The van der Waals surface area contributed by atoms with Crippen molar-refractivity contribution in [2.45, 2.75) is 51.2 Å². The maximum absolute atomic E-state index is 13.5. The number of hydrogen-bond donors (Lipinski definition) is 1. The normalized spacial score (nSPS) is 19.1. The molecule has 1 amide bonds. The summed E-state index contributed by atoms with van der Waals surface area (Å²) in [6.45, 7) is 7.97. The quantitative estimate of drug-likeness (QED) is 0.572. The molecule has 0 aliphatic carbocycles. The molecular weight excluding hydrogens is 478 g/mol. The standard InChI is InChI=1S/C27H35N3O5S/c1-19(2)10-9-11-22-14-24-26(28-15-22)35-25(20(3)16-30(27(24)32)21(4)18-31)17-29(5)36(33,34)23-12-7-6-8-13-23/h6-8,12-15,19-21,25,31H,10,16-18H2,1-5H3/t20-,21-,25-/m1/s1. The molecular formula is C27H35N3O5S. The Hall–Kier alpha value is -2.93. The van der Waals surface area contributed by atoms with Crippen molar-refractivity contribution < 1.29 is 23.1 Å². The van der Waals surface area contributed by atoms with E-state index in [1.807, 2.05) is 6.92 Å². The zero-order chi connectivity index (χ0) is 26.5. The molecule has 1 aromatic carbocycles. The molecule has 0 saturated carbocycles. The number of carbonyl (C=O) groups excluding carboxylic acids is 1. The summed E-state index contributed by atoms with van der Waals surface area (Å²) >= 11 is 0. The van der Waals surface area contributed by atoms with E-state index in [2.05, 4.69) is 30.7 Å². The summed E-state index contributed by atoms with van der Waals surface area (Å²) in [5.74, 6) is 6.17. The number of amides is 1. The van der Waals surface area contributed by atoms with E-state index < -0.39 is 22.2 Å². The summed E-state index contributed by atoms with van der Waals surface area (Å²) in [6.07, 6.45) is 1.70. The first-order valence-electron chi connectivity index (χ1n) is 12.1. The van der Waals surface area contributed by atoms with Crippen molar-refractivity contribution in [2.24, 2.45) is 11.8 Å². The second kappa shape index (κ2) is 11.9. The fourth-order valence-electron chi connectivity index (χ4n) is 3.87. The molecule has 8 nitrogen and oxygen atoms in total. The average molecular weight is 514 g/mol. The number of aromatic nitrogens is 1. The monoisotopic (exact) mass is 513 g/mol. The zero-order valence-corrected chi connectivity index (χ0v) is 22.3. The second-order valence-electron chi connectivity index (χ2n) is 9.70. The number of aliphatic hydroxyl groups is 1. The molecule has 36 heavy (non-hydrogen) atoms. The summed E-state index contributed by atoms with van der Waals surface area (Å²) in [4.78, 5) is 19.7. The van der Waals surface area contributed by atoms with Gasteiger partial charge >= 0.3 is 0 Å². The molecule has 1 N–H and O–H groups in total. The number of pyridine rings is 1. The largest absolute Gasteiger partial charge is 0.472 e. The minimum absolute atomic E-state index is 0.0605. The van der Waals surface area contributed by atoms with Gasteiger partial charge in [-0.15, -0.1) is 0 Å². The second-order valence-corrected chi connectivity index (χ2v) is 11.7. The fraction of sp³-hybridized carbons (Fsp3) is 0.481. The van der Waals surface area contributed by atoms with Crippen molar-refractivity contribution in [2.75, 3.05) is 26.7 Å². The highest BCUT2D eigenvalue weighted by Crippen LogP contribution is 2.28. The molecule has 3 atom stereocenters. The lowest BCUT2D eigenvalue weighted by Crippen LogP contribution is -2.50. The lowest BCUT2D eigenvalue weighted by molar-refractivity contribution is 0.0373. The summed E-state index contributed by atoms with van der Waals surface area (Å²) < 4.78 is 33.7. The summed E-state index contributed by atoms with van der Waals surface area (Å²) in [6, 6.07) is 9.44. The molecule has 2 aromatic rings. The van der Waals surface area contributed by atoms with Crippen LogP contribution < -0.4 is 4.74 Å². The number of benzene rings is 1. The van der Waals surface area contributed by atoms with Gasteiger partial charge < -0.3 is 14.7 Å². The number of ether oxygens (including phenoxy) is 1. The van der Waals surface area contributed by atoms with Crippen LogP contribution in [0.15, 0.2) is 47.5 Å². The van der Waals surface area contributed by atoms with Gasteiger partial charge in [-0.3, -0.25) is 4.79 Å². The first-order valence-corrected chi connectivity index (χ1v) is 13.6. The van der Waals surface area contributed by atoms with E-state index in [-0.39, 0.29) is 47.9 Å². The van der Waals surface area contributed by atoms with E-state index in [0.29, 0.717) is 11.5 Å². The molecule has 2 heterocycles.